The van der Waals surface area contributed by atoms with Crippen LogP contribution in [-0.4, -0.2) is 45.7 Å². The van der Waals surface area contributed by atoms with Crippen molar-refractivity contribution in [3.05, 3.63) is 0 Å². The van der Waals surface area contributed by atoms with Crippen LogP contribution in [0.15, 0.2) is 0 Å². The van der Waals surface area contributed by atoms with Crippen molar-refractivity contribution in [1.82, 2.24) is 5.32 Å². The number of piperidine rings is 1. The van der Waals surface area contributed by atoms with Gasteiger partial charge in [-0.05, 0) is 19.8 Å². The van der Waals surface area contributed by atoms with Gasteiger partial charge in [0.2, 0.25) is 0 Å². The van der Waals surface area contributed by atoms with Crippen LogP contribution in [0.1, 0.15) is 19.8 Å². The summed E-state index contributed by atoms with van der Waals surface area (Å²) in [4.78, 5) is 0. The zero-order valence-corrected chi connectivity index (χ0v) is 7.77. The second kappa shape index (κ2) is 2.92. The lowest BCUT2D eigenvalue weighted by Gasteiger charge is -2.41. The SMILES string of the molecule is CC(O)C1C(O)C(O)CNC12CC2. The van der Waals surface area contributed by atoms with Crippen LogP contribution in [0.2, 0.25) is 0 Å². The maximum atomic E-state index is 9.73. The summed E-state index contributed by atoms with van der Waals surface area (Å²) in [6, 6.07) is 0. The molecule has 1 aliphatic heterocycles. The van der Waals surface area contributed by atoms with Crippen molar-refractivity contribution in [1.29, 1.82) is 0 Å². The van der Waals surface area contributed by atoms with Crippen LogP contribution in [0.25, 0.3) is 0 Å². The molecule has 0 bridgehead atoms. The number of aliphatic hydroxyl groups excluding tert-OH is 3. The standard InChI is InChI=1S/C9H17NO3/c1-5(11)7-8(13)6(12)4-10-9(7)2-3-9/h5-8,10-13H,2-4H2,1H3. The highest BCUT2D eigenvalue weighted by Gasteiger charge is 2.57. The van der Waals surface area contributed by atoms with Crippen molar-refractivity contribution in [3.63, 3.8) is 0 Å². The molecule has 4 nitrogen and oxygen atoms in total. The maximum Gasteiger partial charge on any atom is 0.0927 e. The number of aliphatic hydroxyl groups is 3. The molecule has 76 valence electrons. The highest BCUT2D eigenvalue weighted by atomic mass is 16.3. The van der Waals surface area contributed by atoms with Gasteiger partial charge in [0.1, 0.15) is 0 Å². The van der Waals surface area contributed by atoms with Gasteiger partial charge < -0.3 is 20.6 Å². The molecule has 1 spiro atoms. The Morgan fingerprint density at radius 1 is 1.38 bits per heavy atom. The summed E-state index contributed by atoms with van der Waals surface area (Å²) in [5.41, 5.74) is -0.0905. The molecule has 0 amide bonds. The first kappa shape index (κ1) is 9.40. The van der Waals surface area contributed by atoms with Gasteiger partial charge in [0, 0.05) is 18.0 Å². The number of nitrogens with one attached hydrogen (secondary N) is 1. The van der Waals surface area contributed by atoms with E-state index in [2.05, 4.69) is 5.32 Å². The molecule has 1 aliphatic carbocycles. The zero-order chi connectivity index (χ0) is 9.64. The van der Waals surface area contributed by atoms with Gasteiger partial charge in [0.25, 0.3) is 0 Å². The quantitative estimate of drug-likeness (QED) is 0.418. The third-order valence-electron chi connectivity index (χ3n) is 3.37. The van der Waals surface area contributed by atoms with E-state index >= 15 is 0 Å². The number of β-amino-alcohol motifs (C(OH)–C–C–N with tert-alkyl or cyclic N) is 1. The number of hydrogen-bond acceptors (Lipinski definition) is 4. The Labute approximate surface area is 77.6 Å². The van der Waals surface area contributed by atoms with E-state index in [4.69, 9.17) is 0 Å². The minimum atomic E-state index is -0.788. The molecule has 4 heteroatoms. The van der Waals surface area contributed by atoms with Crippen LogP contribution in [0, 0.1) is 5.92 Å². The first-order valence-corrected chi connectivity index (χ1v) is 4.86. The van der Waals surface area contributed by atoms with Crippen LogP contribution in [-0.2, 0) is 0 Å². The minimum absolute atomic E-state index is 0.0905. The van der Waals surface area contributed by atoms with Crippen molar-refractivity contribution in [3.8, 4) is 0 Å². The van der Waals surface area contributed by atoms with Crippen LogP contribution in [0.4, 0.5) is 0 Å². The van der Waals surface area contributed by atoms with Crippen molar-refractivity contribution < 1.29 is 15.3 Å². The topological polar surface area (TPSA) is 72.7 Å². The summed E-state index contributed by atoms with van der Waals surface area (Å²) in [6.07, 6.45) is -0.117. The fourth-order valence-corrected chi connectivity index (χ4v) is 2.50. The smallest absolute Gasteiger partial charge is 0.0927 e. The van der Waals surface area contributed by atoms with Gasteiger partial charge in [-0.1, -0.05) is 0 Å². The van der Waals surface area contributed by atoms with Crippen LogP contribution in [0.5, 0.6) is 0 Å². The lowest BCUT2D eigenvalue weighted by atomic mass is 9.81. The van der Waals surface area contributed by atoms with E-state index in [0.29, 0.717) is 6.54 Å². The molecule has 2 fully saturated rings. The Morgan fingerprint density at radius 3 is 2.46 bits per heavy atom. The summed E-state index contributed by atoms with van der Waals surface area (Å²) in [7, 11) is 0. The summed E-state index contributed by atoms with van der Waals surface area (Å²) >= 11 is 0. The average Bonchev–Trinajstić information content (AvgIpc) is 2.79. The van der Waals surface area contributed by atoms with E-state index in [1.54, 1.807) is 6.92 Å². The zero-order valence-electron chi connectivity index (χ0n) is 7.77. The third kappa shape index (κ3) is 1.38. The highest BCUT2D eigenvalue weighted by molar-refractivity contribution is 5.14. The van der Waals surface area contributed by atoms with E-state index in [-0.39, 0.29) is 11.5 Å². The second-order valence-electron chi connectivity index (χ2n) is 4.36. The summed E-state index contributed by atoms with van der Waals surface area (Å²) in [5, 5.41) is 31.9. The van der Waals surface area contributed by atoms with E-state index in [1.807, 2.05) is 0 Å². The second-order valence-corrected chi connectivity index (χ2v) is 4.36. The van der Waals surface area contributed by atoms with Crippen LogP contribution in [0.3, 0.4) is 0 Å². The summed E-state index contributed by atoms with van der Waals surface area (Å²) < 4.78 is 0. The minimum Gasteiger partial charge on any atom is -0.393 e. The first-order valence-electron chi connectivity index (χ1n) is 4.86. The van der Waals surface area contributed by atoms with Crippen molar-refractivity contribution in [2.75, 3.05) is 6.54 Å². The molecule has 1 saturated heterocycles. The molecule has 4 N–H and O–H groups in total. The Hall–Kier alpha value is -0.160. The van der Waals surface area contributed by atoms with Gasteiger partial charge in [-0.3, -0.25) is 0 Å². The lowest BCUT2D eigenvalue weighted by Crippen LogP contribution is -2.61. The molecular weight excluding hydrogens is 170 g/mol. The molecule has 1 heterocycles. The third-order valence-corrected chi connectivity index (χ3v) is 3.37. The Bertz CT molecular complexity index is 203. The monoisotopic (exact) mass is 187 g/mol. The van der Waals surface area contributed by atoms with E-state index < -0.39 is 18.3 Å². The van der Waals surface area contributed by atoms with Gasteiger partial charge >= 0.3 is 0 Å². The largest absolute Gasteiger partial charge is 0.393 e. The van der Waals surface area contributed by atoms with E-state index in [0.717, 1.165) is 12.8 Å². The summed E-state index contributed by atoms with van der Waals surface area (Å²) in [5.74, 6) is -0.226. The molecule has 0 aromatic rings. The Balaban J connectivity index is 2.16. The Kier molecular flexibility index (Phi) is 2.11. The normalized spacial score (nSPS) is 44.8. The van der Waals surface area contributed by atoms with Gasteiger partial charge in [-0.25, -0.2) is 0 Å². The van der Waals surface area contributed by atoms with E-state index in [9.17, 15) is 15.3 Å². The Morgan fingerprint density at radius 2 is 2.00 bits per heavy atom. The average molecular weight is 187 g/mol. The molecule has 0 aromatic carbocycles. The van der Waals surface area contributed by atoms with Gasteiger partial charge in [0.15, 0.2) is 0 Å². The molecular formula is C9H17NO3. The predicted molar refractivity (Wildman–Crippen MR) is 47.2 cm³/mol. The van der Waals surface area contributed by atoms with Crippen LogP contribution < -0.4 is 5.32 Å². The highest BCUT2D eigenvalue weighted by Crippen LogP contribution is 2.47. The van der Waals surface area contributed by atoms with Gasteiger partial charge in [0.05, 0.1) is 18.3 Å². The molecule has 2 rings (SSSR count). The molecule has 2 aliphatic rings. The number of hydrogen-bond donors (Lipinski definition) is 4. The molecule has 0 aromatic heterocycles. The van der Waals surface area contributed by atoms with Crippen LogP contribution >= 0.6 is 0 Å². The summed E-state index contributed by atoms with van der Waals surface area (Å²) in [6.45, 7) is 2.11. The lowest BCUT2D eigenvalue weighted by molar-refractivity contribution is -0.0932. The molecule has 1 saturated carbocycles. The molecule has 4 atom stereocenters. The van der Waals surface area contributed by atoms with Gasteiger partial charge in [-0.2, -0.15) is 0 Å². The van der Waals surface area contributed by atoms with Crippen molar-refractivity contribution in [2.45, 2.75) is 43.6 Å². The fourth-order valence-electron chi connectivity index (χ4n) is 2.50. The maximum absolute atomic E-state index is 9.73. The first-order chi connectivity index (χ1) is 6.07. The number of rotatable bonds is 1. The molecule has 4 unspecified atom stereocenters. The van der Waals surface area contributed by atoms with Gasteiger partial charge in [-0.15, -0.1) is 0 Å². The van der Waals surface area contributed by atoms with Crippen molar-refractivity contribution >= 4 is 0 Å². The predicted octanol–water partition coefficient (Wildman–Crippen LogP) is -1.16. The fraction of sp³-hybridized carbons (Fsp3) is 1.00. The molecule has 0 radical (unpaired) electrons. The van der Waals surface area contributed by atoms with Crippen molar-refractivity contribution in [2.24, 2.45) is 5.92 Å². The van der Waals surface area contributed by atoms with E-state index in [1.165, 1.54) is 0 Å². The molecule has 13 heavy (non-hydrogen) atoms.